The number of thiazole rings is 1. The van der Waals surface area contributed by atoms with Gasteiger partial charge in [-0.15, -0.1) is 23.7 Å². The molecular weight excluding hydrogens is 278 g/mol. The van der Waals surface area contributed by atoms with Gasteiger partial charge in [-0.1, -0.05) is 12.1 Å². The summed E-state index contributed by atoms with van der Waals surface area (Å²) in [5.74, 6) is 0. The van der Waals surface area contributed by atoms with Gasteiger partial charge in [-0.2, -0.15) is 0 Å². The fourth-order valence-electron chi connectivity index (χ4n) is 2.32. The van der Waals surface area contributed by atoms with Crippen molar-refractivity contribution in [1.82, 2.24) is 10.3 Å². The minimum Gasteiger partial charge on any atom is -0.381 e. The number of rotatable bonds is 3. The Morgan fingerprint density at radius 3 is 3.05 bits per heavy atom. The van der Waals surface area contributed by atoms with Gasteiger partial charge >= 0.3 is 0 Å². The minimum atomic E-state index is 0. The maximum Gasteiger partial charge on any atom is 0.123 e. The fourth-order valence-corrected chi connectivity index (χ4v) is 2.95. The minimum absolute atomic E-state index is 0. The number of hydrogen-bond donors (Lipinski definition) is 2. The summed E-state index contributed by atoms with van der Waals surface area (Å²) in [4.78, 5) is 4.35. The summed E-state index contributed by atoms with van der Waals surface area (Å²) in [6.07, 6.45) is 4.35. The molecule has 3 rings (SSSR count). The smallest absolute Gasteiger partial charge is 0.123 e. The molecule has 2 aromatic rings. The maximum atomic E-state index is 4.35. The second-order valence-electron chi connectivity index (χ2n) is 4.61. The van der Waals surface area contributed by atoms with Crippen molar-refractivity contribution in [3.05, 3.63) is 35.8 Å². The van der Waals surface area contributed by atoms with Gasteiger partial charge in [0.15, 0.2) is 0 Å². The molecule has 2 heterocycles. The van der Waals surface area contributed by atoms with E-state index in [-0.39, 0.29) is 12.4 Å². The van der Waals surface area contributed by atoms with Crippen molar-refractivity contribution in [2.24, 2.45) is 0 Å². The van der Waals surface area contributed by atoms with Crippen LogP contribution in [0.1, 0.15) is 12.8 Å². The van der Waals surface area contributed by atoms with Gasteiger partial charge in [-0.3, -0.25) is 0 Å². The van der Waals surface area contributed by atoms with E-state index in [1.807, 2.05) is 11.6 Å². The van der Waals surface area contributed by atoms with E-state index < -0.39 is 0 Å². The molecule has 102 valence electrons. The molecule has 1 unspecified atom stereocenters. The Morgan fingerprint density at radius 2 is 2.32 bits per heavy atom. The summed E-state index contributed by atoms with van der Waals surface area (Å²) in [6, 6.07) is 9.07. The highest BCUT2D eigenvalue weighted by Gasteiger charge is 2.12. The number of benzene rings is 1. The summed E-state index contributed by atoms with van der Waals surface area (Å²) in [6.45, 7) is 2.21. The molecule has 0 spiro atoms. The third-order valence-electron chi connectivity index (χ3n) is 3.21. The predicted molar refractivity (Wildman–Crippen MR) is 84.3 cm³/mol. The lowest BCUT2D eigenvalue weighted by atomic mass is 10.1. The summed E-state index contributed by atoms with van der Waals surface area (Å²) in [7, 11) is 0. The Bertz CT molecular complexity index is 495. The molecule has 1 saturated heterocycles. The Labute approximate surface area is 123 Å². The Kier molecular flexibility index (Phi) is 5.19. The van der Waals surface area contributed by atoms with Gasteiger partial charge in [0.2, 0.25) is 0 Å². The molecule has 0 bridgehead atoms. The molecule has 2 N–H and O–H groups in total. The molecule has 0 amide bonds. The van der Waals surface area contributed by atoms with E-state index >= 15 is 0 Å². The van der Waals surface area contributed by atoms with Gasteiger partial charge in [-0.05, 0) is 31.5 Å². The van der Waals surface area contributed by atoms with Crippen molar-refractivity contribution in [3.63, 3.8) is 0 Å². The van der Waals surface area contributed by atoms with E-state index in [0.29, 0.717) is 6.04 Å². The van der Waals surface area contributed by atoms with E-state index in [0.717, 1.165) is 18.1 Å². The van der Waals surface area contributed by atoms with Crippen molar-refractivity contribution in [2.45, 2.75) is 18.9 Å². The van der Waals surface area contributed by atoms with Crippen LogP contribution in [-0.4, -0.2) is 24.1 Å². The normalized spacial score (nSPS) is 18.6. The van der Waals surface area contributed by atoms with E-state index in [1.54, 1.807) is 11.3 Å². The second kappa shape index (κ2) is 6.89. The molecule has 1 aliphatic rings. The Hall–Kier alpha value is -1.10. The van der Waals surface area contributed by atoms with Gasteiger partial charge in [0.1, 0.15) is 5.01 Å². The number of hydrogen-bond acceptors (Lipinski definition) is 4. The zero-order valence-electron chi connectivity index (χ0n) is 10.6. The third-order valence-corrected chi connectivity index (χ3v) is 4.03. The van der Waals surface area contributed by atoms with Gasteiger partial charge in [0.05, 0.1) is 0 Å². The van der Waals surface area contributed by atoms with E-state index in [9.17, 15) is 0 Å². The standard InChI is InChI=1S/C14H17N3S.ClH/c1-3-11(14-16-7-8-18-14)9-12(4-1)17-13-5-2-6-15-10-13;/h1,3-4,7-9,13,15,17H,2,5-6,10H2;1H. The summed E-state index contributed by atoms with van der Waals surface area (Å²) >= 11 is 1.68. The summed E-state index contributed by atoms with van der Waals surface area (Å²) in [5.41, 5.74) is 2.38. The highest BCUT2D eigenvalue weighted by Crippen LogP contribution is 2.25. The highest BCUT2D eigenvalue weighted by molar-refractivity contribution is 7.13. The zero-order chi connectivity index (χ0) is 12.2. The molecule has 0 radical (unpaired) electrons. The van der Waals surface area contributed by atoms with Crippen LogP contribution in [0.3, 0.4) is 0 Å². The number of halogens is 1. The average Bonchev–Trinajstić information content (AvgIpc) is 2.94. The van der Waals surface area contributed by atoms with Gasteiger partial charge in [0, 0.05) is 35.4 Å². The van der Waals surface area contributed by atoms with Crippen molar-refractivity contribution < 1.29 is 0 Å². The average molecular weight is 296 g/mol. The first-order valence-electron chi connectivity index (χ1n) is 6.39. The highest BCUT2D eigenvalue weighted by atomic mass is 35.5. The molecule has 1 atom stereocenters. The molecule has 1 aromatic carbocycles. The number of piperidine rings is 1. The lowest BCUT2D eigenvalue weighted by Gasteiger charge is -2.24. The van der Waals surface area contributed by atoms with E-state index in [1.165, 1.54) is 24.1 Å². The van der Waals surface area contributed by atoms with Crippen LogP contribution in [0, 0.1) is 0 Å². The van der Waals surface area contributed by atoms with Crippen LogP contribution in [0.15, 0.2) is 35.8 Å². The number of nitrogens with one attached hydrogen (secondary N) is 2. The monoisotopic (exact) mass is 295 g/mol. The molecule has 1 fully saturated rings. The maximum absolute atomic E-state index is 4.35. The molecule has 19 heavy (non-hydrogen) atoms. The van der Waals surface area contributed by atoms with Crippen molar-refractivity contribution >= 4 is 29.4 Å². The second-order valence-corrected chi connectivity index (χ2v) is 5.50. The van der Waals surface area contributed by atoms with Crippen LogP contribution in [0.4, 0.5) is 5.69 Å². The van der Waals surface area contributed by atoms with Crippen molar-refractivity contribution in [3.8, 4) is 10.6 Å². The topological polar surface area (TPSA) is 37.0 Å². The van der Waals surface area contributed by atoms with Crippen molar-refractivity contribution in [2.75, 3.05) is 18.4 Å². The third kappa shape index (κ3) is 3.69. The quantitative estimate of drug-likeness (QED) is 0.911. The Balaban J connectivity index is 0.00000133. The van der Waals surface area contributed by atoms with Crippen LogP contribution in [0.2, 0.25) is 0 Å². The first-order valence-corrected chi connectivity index (χ1v) is 7.27. The zero-order valence-corrected chi connectivity index (χ0v) is 12.3. The lowest BCUT2D eigenvalue weighted by Crippen LogP contribution is -2.38. The summed E-state index contributed by atoms with van der Waals surface area (Å²) < 4.78 is 0. The van der Waals surface area contributed by atoms with Crippen LogP contribution >= 0.6 is 23.7 Å². The SMILES string of the molecule is Cl.c1cc(NC2CCCNC2)cc(-c2nccs2)c1. The van der Waals surface area contributed by atoms with Gasteiger partial charge < -0.3 is 10.6 Å². The van der Waals surface area contributed by atoms with Crippen LogP contribution in [0.25, 0.3) is 10.6 Å². The molecule has 1 aliphatic heterocycles. The predicted octanol–water partition coefficient (Wildman–Crippen LogP) is 3.40. The fraction of sp³-hybridized carbons (Fsp3) is 0.357. The molecule has 1 aromatic heterocycles. The number of nitrogens with zero attached hydrogens (tertiary/aromatic N) is 1. The van der Waals surface area contributed by atoms with Crippen LogP contribution in [-0.2, 0) is 0 Å². The van der Waals surface area contributed by atoms with E-state index in [4.69, 9.17) is 0 Å². The van der Waals surface area contributed by atoms with Gasteiger partial charge in [0.25, 0.3) is 0 Å². The molecule has 3 nitrogen and oxygen atoms in total. The molecular formula is C14H18ClN3S. The molecule has 0 aliphatic carbocycles. The van der Waals surface area contributed by atoms with E-state index in [2.05, 4.69) is 39.9 Å². The molecule has 5 heteroatoms. The number of aromatic nitrogens is 1. The molecule has 0 saturated carbocycles. The van der Waals surface area contributed by atoms with Gasteiger partial charge in [-0.25, -0.2) is 4.98 Å². The van der Waals surface area contributed by atoms with Crippen molar-refractivity contribution in [1.29, 1.82) is 0 Å². The first-order chi connectivity index (χ1) is 8.92. The lowest BCUT2D eigenvalue weighted by molar-refractivity contribution is 0.480. The first kappa shape index (κ1) is 14.3. The largest absolute Gasteiger partial charge is 0.381 e. The van der Waals surface area contributed by atoms with Crippen LogP contribution < -0.4 is 10.6 Å². The summed E-state index contributed by atoms with van der Waals surface area (Å²) in [5, 5.41) is 10.1. The van der Waals surface area contributed by atoms with Crippen LogP contribution in [0.5, 0.6) is 0 Å². The Morgan fingerprint density at radius 1 is 1.37 bits per heavy atom. The number of anilines is 1.